The molecule has 114 valence electrons. The first kappa shape index (κ1) is 17.7. The van der Waals surface area contributed by atoms with Crippen molar-refractivity contribution < 1.29 is 0 Å². The minimum atomic E-state index is 0. The van der Waals surface area contributed by atoms with E-state index in [1.54, 1.807) is 0 Å². The molecule has 0 aromatic heterocycles. The van der Waals surface area contributed by atoms with Gasteiger partial charge in [-0.05, 0) is 35.1 Å². The van der Waals surface area contributed by atoms with Gasteiger partial charge in [0.15, 0.2) is 0 Å². The third-order valence-electron chi connectivity index (χ3n) is 3.86. The SMILES string of the molecule is CCCCCCc1cccc(-c2ccccc2)c1CN.Cl. The maximum Gasteiger partial charge on any atom is 0.0187 e. The zero-order valence-electron chi connectivity index (χ0n) is 12.8. The highest BCUT2D eigenvalue weighted by molar-refractivity contribution is 5.85. The maximum atomic E-state index is 6.02. The van der Waals surface area contributed by atoms with E-state index in [0.29, 0.717) is 6.54 Å². The first-order chi connectivity index (χ1) is 9.86. The van der Waals surface area contributed by atoms with Gasteiger partial charge < -0.3 is 5.73 Å². The highest BCUT2D eigenvalue weighted by Crippen LogP contribution is 2.27. The van der Waals surface area contributed by atoms with Crippen molar-refractivity contribution in [2.24, 2.45) is 5.73 Å². The van der Waals surface area contributed by atoms with Crippen LogP contribution in [0.3, 0.4) is 0 Å². The molecule has 0 unspecified atom stereocenters. The van der Waals surface area contributed by atoms with E-state index >= 15 is 0 Å². The fraction of sp³-hybridized carbons (Fsp3) is 0.368. The fourth-order valence-electron chi connectivity index (χ4n) is 2.74. The lowest BCUT2D eigenvalue weighted by molar-refractivity contribution is 0.664. The molecule has 21 heavy (non-hydrogen) atoms. The topological polar surface area (TPSA) is 26.0 Å². The molecule has 2 N–H and O–H groups in total. The average Bonchev–Trinajstić information content (AvgIpc) is 2.52. The molecule has 0 amide bonds. The summed E-state index contributed by atoms with van der Waals surface area (Å²) >= 11 is 0. The lowest BCUT2D eigenvalue weighted by Gasteiger charge is -2.14. The number of nitrogens with two attached hydrogens (primary N) is 1. The van der Waals surface area contributed by atoms with Crippen LogP contribution in [-0.2, 0) is 13.0 Å². The molecule has 1 nitrogen and oxygen atoms in total. The number of halogens is 1. The van der Waals surface area contributed by atoms with Gasteiger partial charge in [0.25, 0.3) is 0 Å². The van der Waals surface area contributed by atoms with Crippen molar-refractivity contribution in [3.63, 3.8) is 0 Å². The summed E-state index contributed by atoms with van der Waals surface area (Å²) in [7, 11) is 0. The third kappa shape index (κ3) is 4.87. The summed E-state index contributed by atoms with van der Waals surface area (Å²) in [5.74, 6) is 0. The zero-order chi connectivity index (χ0) is 14.2. The Balaban J connectivity index is 0.00000220. The van der Waals surface area contributed by atoms with E-state index in [0.717, 1.165) is 6.42 Å². The Hall–Kier alpha value is -1.31. The van der Waals surface area contributed by atoms with Gasteiger partial charge in [-0.3, -0.25) is 0 Å². The molecule has 0 aliphatic carbocycles. The molecule has 0 spiro atoms. The molecular weight excluding hydrogens is 278 g/mol. The monoisotopic (exact) mass is 303 g/mol. The second-order valence-electron chi connectivity index (χ2n) is 5.32. The van der Waals surface area contributed by atoms with Gasteiger partial charge in [0.2, 0.25) is 0 Å². The number of unbranched alkanes of at least 4 members (excludes halogenated alkanes) is 3. The van der Waals surface area contributed by atoms with Crippen LogP contribution in [0.5, 0.6) is 0 Å². The predicted octanol–water partition coefficient (Wildman–Crippen LogP) is 5.36. The van der Waals surface area contributed by atoms with Gasteiger partial charge in [0.1, 0.15) is 0 Å². The van der Waals surface area contributed by atoms with Gasteiger partial charge in [-0.25, -0.2) is 0 Å². The molecule has 0 saturated carbocycles. The van der Waals surface area contributed by atoms with Gasteiger partial charge >= 0.3 is 0 Å². The van der Waals surface area contributed by atoms with E-state index in [9.17, 15) is 0 Å². The highest BCUT2D eigenvalue weighted by Gasteiger charge is 2.08. The number of hydrogen-bond acceptors (Lipinski definition) is 1. The lowest BCUT2D eigenvalue weighted by Crippen LogP contribution is -2.04. The van der Waals surface area contributed by atoms with Crippen molar-refractivity contribution in [2.75, 3.05) is 0 Å². The Morgan fingerprint density at radius 1 is 0.857 bits per heavy atom. The molecule has 0 aliphatic heterocycles. The molecule has 0 atom stereocenters. The van der Waals surface area contributed by atoms with Crippen LogP contribution in [0.2, 0.25) is 0 Å². The van der Waals surface area contributed by atoms with Crippen LogP contribution in [0, 0.1) is 0 Å². The Morgan fingerprint density at radius 2 is 1.62 bits per heavy atom. The molecule has 2 aromatic carbocycles. The van der Waals surface area contributed by atoms with E-state index in [1.807, 2.05) is 0 Å². The van der Waals surface area contributed by atoms with Crippen molar-refractivity contribution in [3.05, 3.63) is 59.7 Å². The van der Waals surface area contributed by atoms with E-state index in [-0.39, 0.29) is 12.4 Å². The van der Waals surface area contributed by atoms with Gasteiger partial charge in [0.05, 0.1) is 0 Å². The quantitative estimate of drug-likeness (QED) is 0.685. The first-order valence-electron chi connectivity index (χ1n) is 7.73. The minimum absolute atomic E-state index is 0. The van der Waals surface area contributed by atoms with Crippen LogP contribution in [0.15, 0.2) is 48.5 Å². The average molecular weight is 304 g/mol. The fourth-order valence-corrected chi connectivity index (χ4v) is 2.74. The van der Waals surface area contributed by atoms with E-state index in [4.69, 9.17) is 5.73 Å². The van der Waals surface area contributed by atoms with E-state index in [1.165, 1.54) is 47.9 Å². The van der Waals surface area contributed by atoms with Gasteiger partial charge in [0, 0.05) is 6.54 Å². The molecule has 2 aromatic rings. The van der Waals surface area contributed by atoms with Crippen LogP contribution in [-0.4, -0.2) is 0 Å². The first-order valence-corrected chi connectivity index (χ1v) is 7.73. The summed E-state index contributed by atoms with van der Waals surface area (Å²) in [6.07, 6.45) is 6.34. The van der Waals surface area contributed by atoms with Crippen molar-refractivity contribution in [1.29, 1.82) is 0 Å². The summed E-state index contributed by atoms with van der Waals surface area (Å²) in [4.78, 5) is 0. The van der Waals surface area contributed by atoms with E-state index < -0.39 is 0 Å². The summed E-state index contributed by atoms with van der Waals surface area (Å²) in [5.41, 5.74) is 11.3. The predicted molar refractivity (Wildman–Crippen MR) is 94.9 cm³/mol. The van der Waals surface area contributed by atoms with Gasteiger partial charge in [-0.2, -0.15) is 0 Å². The molecule has 0 radical (unpaired) electrons. The summed E-state index contributed by atoms with van der Waals surface area (Å²) < 4.78 is 0. The number of rotatable bonds is 7. The molecule has 0 fully saturated rings. The van der Waals surface area contributed by atoms with E-state index in [2.05, 4.69) is 55.5 Å². The van der Waals surface area contributed by atoms with Crippen LogP contribution in [0.25, 0.3) is 11.1 Å². The second-order valence-corrected chi connectivity index (χ2v) is 5.32. The van der Waals surface area contributed by atoms with Crippen LogP contribution in [0.1, 0.15) is 43.7 Å². The zero-order valence-corrected chi connectivity index (χ0v) is 13.7. The molecule has 0 heterocycles. The third-order valence-corrected chi connectivity index (χ3v) is 3.86. The number of aryl methyl sites for hydroxylation is 1. The summed E-state index contributed by atoms with van der Waals surface area (Å²) in [5, 5.41) is 0. The molecule has 0 saturated heterocycles. The second kappa shape index (κ2) is 9.59. The Kier molecular flexibility index (Phi) is 8.11. The molecular formula is C19H26ClN. The van der Waals surface area contributed by atoms with Gasteiger partial charge in [-0.15, -0.1) is 12.4 Å². The lowest BCUT2D eigenvalue weighted by atomic mass is 9.93. The Labute approximate surface area is 135 Å². The molecule has 0 aliphatic rings. The standard InChI is InChI=1S/C19H25N.ClH/c1-2-3-4-6-12-17-13-9-14-18(19(17)15-20)16-10-7-5-8-11-16;/h5,7-11,13-14H,2-4,6,12,15,20H2,1H3;1H. The van der Waals surface area contributed by atoms with Crippen LogP contribution in [0.4, 0.5) is 0 Å². The minimum Gasteiger partial charge on any atom is -0.326 e. The van der Waals surface area contributed by atoms with Crippen molar-refractivity contribution in [3.8, 4) is 11.1 Å². The van der Waals surface area contributed by atoms with Gasteiger partial charge in [-0.1, -0.05) is 74.7 Å². The Bertz CT molecular complexity index is 522. The molecule has 0 bridgehead atoms. The maximum absolute atomic E-state index is 6.02. The smallest absolute Gasteiger partial charge is 0.0187 e. The van der Waals surface area contributed by atoms with Crippen molar-refractivity contribution in [2.45, 2.75) is 45.6 Å². The molecule has 2 heteroatoms. The largest absolute Gasteiger partial charge is 0.326 e. The highest BCUT2D eigenvalue weighted by atomic mass is 35.5. The van der Waals surface area contributed by atoms with Crippen molar-refractivity contribution in [1.82, 2.24) is 0 Å². The Morgan fingerprint density at radius 3 is 2.29 bits per heavy atom. The summed E-state index contributed by atoms with van der Waals surface area (Å²) in [6, 6.07) is 17.1. The van der Waals surface area contributed by atoms with Crippen LogP contribution < -0.4 is 5.73 Å². The van der Waals surface area contributed by atoms with Crippen LogP contribution >= 0.6 is 12.4 Å². The number of hydrogen-bond donors (Lipinski definition) is 1. The number of benzene rings is 2. The normalized spacial score (nSPS) is 10.2. The van der Waals surface area contributed by atoms with Crippen molar-refractivity contribution >= 4 is 12.4 Å². The summed E-state index contributed by atoms with van der Waals surface area (Å²) in [6.45, 7) is 2.87. The molecule has 2 rings (SSSR count).